The molecule has 2 heterocycles. The van der Waals surface area contributed by atoms with Crippen LogP contribution in [0.5, 0.6) is 5.75 Å². The zero-order valence-electron chi connectivity index (χ0n) is 24.3. The number of rotatable bonds is 8. The number of oxazole rings is 1. The van der Waals surface area contributed by atoms with Crippen LogP contribution in [-0.2, 0) is 10.0 Å². The van der Waals surface area contributed by atoms with E-state index in [2.05, 4.69) is 10.3 Å². The summed E-state index contributed by atoms with van der Waals surface area (Å²) in [7, 11) is -1.15. The van der Waals surface area contributed by atoms with E-state index < -0.39 is 34.2 Å². The second-order valence-corrected chi connectivity index (χ2v) is 12.2. The van der Waals surface area contributed by atoms with Crippen molar-refractivity contribution in [1.82, 2.24) is 10.3 Å². The molecular weight excluding hydrogens is 630 g/mol. The molecule has 46 heavy (non-hydrogen) atoms. The molecule has 0 fully saturated rings. The highest BCUT2D eigenvalue weighted by atomic mass is 32.2. The van der Waals surface area contributed by atoms with Crippen LogP contribution >= 0.6 is 0 Å². The first-order chi connectivity index (χ1) is 21.8. The number of fused-ring (bicyclic) bond motifs is 2. The lowest BCUT2D eigenvalue weighted by atomic mass is 9.97. The first kappa shape index (κ1) is 30.6. The summed E-state index contributed by atoms with van der Waals surface area (Å²) in [6.07, 6.45) is 0.987. The van der Waals surface area contributed by atoms with Crippen molar-refractivity contribution >= 4 is 43.7 Å². The van der Waals surface area contributed by atoms with Crippen LogP contribution in [-0.4, -0.2) is 46.3 Å². The lowest BCUT2D eigenvalue weighted by Gasteiger charge is -2.21. The number of hydrogen-bond donors (Lipinski definition) is 1. The van der Waals surface area contributed by atoms with Gasteiger partial charge in [0.15, 0.2) is 11.4 Å². The number of benzene rings is 4. The average molecular weight is 654 g/mol. The number of ether oxygens (including phenoxy) is 1. The molecule has 0 atom stereocenters. The Morgan fingerprint density at radius 3 is 2.30 bits per heavy atom. The minimum atomic E-state index is -3.87. The number of nitrogens with zero attached hydrogens (tertiary/aromatic N) is 2. The van der Waals surface area contributed by atoms with Crippen LogP contribution < -0.4 is 14.4 Å². The summed E-state index contributed by atoms with van der Waals surface area (Å²) in [5.41, 5.74) is 1.09. The molecule has 1 amide bonds. The molecule has 0 saturated heterocycles. The molecule has 0 radical (unpaired) electrons. The average Bonchev–Trinajstić information content (AvgIpc) is 3.62. The fourth-order valence-corrected chi connectivity index (χ4v) is 5.56. The highest BCUT2D eigenvalue weighted by molar-refractivity contribution is 7.92. The zero-order valence-corrected chi connectivity index (χ0v) is 25.1. The van der Waals surface area contributed by atoms with Gasteiger partial charge in [0, 0.05) is 36.7 Å². The van der Waals surface area contributed by atoms with Crippen LogP contribution in [0.3, 0.4) is 0 Å². The Morgan fingerprint density at radius 1 is 0.935 bits per heavy atom. The van der Waals surface area contributed by atoms with Crippen LogP contribution in [0.2, 0.25) is 0 Å². The first-order valence-corrected chi connectivity index (χ1v) is 15.4. The van der Waals surface area contributed by atoms with Crippen LogP contribution in [0.25, 0.3) is 56.0 Å². The van der Waals surface area contributed by atoms with Gasteiger partial charge in [0.2, 0.25) is 15.9 Å². The summed E-state index contributed by atoms with van der Waals surface area (Å²) in [5, 5.41) is 2.83. The predicted molar refractivity (Wildman–Crippen MR) is 163 cm³/mol. The smallest absolute Gasteiger partial charge is 0.387 e. The maximum atomic E-state index is 14.5. The number of sulfonamides is 1. The minimum Gasteiger partial charge on any atom is -0.455 e. The van der Waals surface area contributed by atoms with Crippen molar-refractivity contribution in [2.45, 2.75) is 6.61 Å². The number of para-hydroxylation sites is 1. The Hall–Kier alpha value is -5.37. The standard InChI is InChI=1S/C32H23F4N3O6S/c1-37-30(40)27-20-14-19(23(39(2)46(3,41)42)15-26(20)43-29(27)16-7-10-18(33)11-8-16)17-9-12-24(45-32(35)36)21(13-17)31-38-28-22(34)5-4-6-25(28)44-31/h4-15,32H,1-3H3,(H,37,40). The molecule has 0 aliphatic rings. The highest BCUT2D eigenvalue weighted by Crippen LogP contribution is 2.44. The van der Waals surface area contributed by atoms with Crippen LogP contribution in [0.15, 0.2) is 81.6 Å². The summed E-state index contributed by atoms with van der Waals surface area (Å²) in [6, 6.07) is 16.2. The van der Waals surface area contributed by atoms with Gasteiger partial charge in [-0.1, -0.05) is 12.1 Å². The third-order valence-electron chi connectivity index (χ3n) is 7.31. The Bertz CT molecular complexity index is 2250. The predicted octanol–water partition coefficient (Wildman–Crippen LogP) is 7.21. The third kappa shape index (κ3) is 5.51. The number of carbonyl (C=O) groups is 1. The van der Waals surface area contributed by atoms with E-state index in [0.29, 0.717) is 5.56 Å². The second kappa shape index (κ2) is 11.5. The normalized spacial score (nSPS) is 11.8. The molecule has 4 aromatic carbocycles. The largest absolute Gasteiger partial charge is 0.455 e. The van der Waals surface area contributed by atoms with Crippen molar-refractivity contribution in [2.75, 3.05) is 24.7 Å². The molecule has 6 rings (SSSR count). The van der Waals surface area contributed by atoms with Gasteiger partial charge in [-0.15, -0.1) is 0 Å². The van der Waals surface area contributed by atoms with Gasteiger partial charge < -0.3 is 18.9 Å². The van der Waals surface area contributed by atoms with E-state index in [9.17, 15) is 30.8 Å². The van der Waals surface area contributed by atoms with Gasteiger partial charge in [-0.25, -0.2) is 22.2 Å². The molecule has 0 spiro atoms. The van der Waals surface area contributed by atoms with Crippen molar-refractivity contribution in [1.29, 1.82) is 0 Å². The number of hydrogen-bond acceptors (Lipinski definition) is 7. The maximum absolute atomic E-state index is 14.5. The fourth-order valence-electron chi connectivity index (χ4n) is 5.05. The first-order valence-electron chi connectivity index (χ1n) is 13.5. The van der Waals surface area contributed by atoms with E-state index in [1.54, 1.807) is 0 Å². The van der Waals surface area contributed by atoms with Crippen LogP contribution in [0.1, 0.15) is 10.4 Å². The molecule has 0 bridgehead atoms. The second-order valence-electron chi connectivity index (χ2n) is 10.2. The Labute approximate surface area is 259 Å². The number of alkyl halides is 2. The molecule has 0 aliphatic heterocycles. The molecule has 9 nitrogen and oxygen atoms in total. The van der Waals surface area contributed by atoms with Gasteiger partial charge >= 0.3 is 6.61 Å². The molecule has 236 valence electrons. The molecule has 6 aromatic rings. The Kier molecular flexibility index (Phi) is 7.68. The Morgan fingerprint density at radius 2 is 1.65 bits per heavy atom. The van der Waals surface area contributed by atoms with E-state index in [-0.39, 0.29) is 67.4 Å². The van der Waals surface area contributed by atoms with Crippen molar-refractivity contribution in [3.8, 4) is 39.7 Å². The minimum absolute atomic E-state index is 0.0595. The summed E-state index contributed by atoms with van der Waals surface area (Å²) in [4.78, 5) is 17.3. The fraction of sp³-hybridized carbons (Fsp3) is 0.125. The summed E-state index contributed by atoms with van der Waals surface area (Å²) < 4.78 is 98.0. The van der Waals surface area contributed by atoms with E-state index in [1.165, 1.54) is 86.9 Å². The lowest BCUT2D eigenvalue weighted by Crippen LogP contribution is -2.25. The monoisotopic (exact) mass is 653 g/mol. The number of anilines is 1. The van der Waals surface area contributed by atoms with Crippen LogP contribution in [0, 0.1) is 11.6 Å². The van der Waals surface area contributed by atoms with E-state index in [1.807, 2.05) is 0 Å². The van der Waals surface area contributed by atoms with Crippen molar-refractivity contribution in [3.05, 3.63) is 90.0 Å². The number of aromatic nitrogens is 1. The number of carbonyl (C=O) groups excluding carboxylic acids is 1. The molecule has 2 aromatic heterocycles. The summed E-state index contributed by atoms with van der Waals surface area (Å²) in [6.45, 7) is -3.22. The van der Waals surface area contributed by atoms with Gasteiger partial charge in [-0.2, -0.15) is 8.78 Å². The zero-order chi connectivity index (χ0) is 32.9. The molecule has 0 saturated carbocycles. The van der Waals surface area contributed by atoms with Crippen LogP contribution in [0.4, 0.5) is 23.2 Å². The summed E-state index contributed by atoms with van der Waals surface area (Å²) >= 11 is 0. The highest BCUT2D eigenvalue weighted by Gasteiger charge is 2.27. The van der Waals surface area contributed by atoms with Crippen molar-refractivity contribution < 1.29 is 44.3 Å². The van der Waals surface area contributed by atoms with Crippen molar-refractivity contribution in [3.63, 3.8) is 0 Å². The molecule has 14 heteroatoms. The molecule has 0 aliphatic carbocycles. The lowest BCUT2D eigenvalue weighted by molar-refractivity contribution is -0.0495. The van der Waals surface area contributed by atoms with Gasteiger partial charge in [0.1, 0.15) is 28.4 Å². The Balaban J connectivity index is 1.64. The van der Waals surface area contributed by atoms with Gasteiger partial charge in [0.25, 0.3) is 5.91 Å². The maximum Gasteiger partial charge on any atom is 0.387 e. The van der Waals surface area contributed by atoms with Crippen molar-refractivity contribution in [2.24, 2.45) is 0 Å². The number of halogens is 4. The topological polar surface area (TPSA) is 115 Å². The number of amides is 1. The van der Waals surface area contributed by atoms with E-state index in [0.717, 1.165) is 10.6 Å². The van der Waals surface area contributed by atoms with Gasteiger partial charge in [0.05, 0.1) is 23.1 Å². The van der Waals surface area contributed by atoms with Gasteiger partial charge in [-0.3, -0.25) is 9.10 Å². The van der Waals surface area contributed by atoms with Gasteiger partial charge in [-0.05, 0) is 60.2 Å². The summed E-state index contributed by atoms with van der Waals surface area (Å²) in [5.74, 6) is -2.20. The SMILES string of the molecule is CNC(=O)c1c(-c2ccc(F)cc2)oc2cc(N(C)S(C)(=O)=O)c(-c3ccc(OC(F)F)c(-c4nc5c(F)cccc5o4)c3)cc12. The van der Waals surface area contributed by atoms with E-state index >= 15 is 0 Å². The molecule has 0 unspecified atom stereocenters. The quantitative estimate of drug-likeness (QED) is 0.173. The number of nitrogens with one attached hydrogen (secondary N) is 1. The molecular formula is C32H23F4N3O6S. The third-order valence-corrected chi connectivity index (χ3v) is 8.50. The van der Waals surface area contributed by atoms with E-state index in [4.69, 9.17) is 13.6 Å². The number of furan rings is 1. The molecule has 1 N–H and O–H groups in total.